The van der Waals surface area contributed by atoms with Crippen LogP contribution in [0.1, 0.15) is 316 Å². The third-order valence-corrected chi connectivity index (χ3v) is 15.6. The summed E-state index contributed by atoms with van der Waals surface area (Å²) in [7, 11) is 1.63. The lowest BCUT2D eigenvalue weighted by molar-refractivity contribution is -0.870. The molecule has 0 aromatic rings. The number of nitrogens with one attached hydrogen (secondary N) is 1. The van der Waals surface area contributed by atoms with Gasteiger partial charge in [-0.1, -0.05) is 294 Å². The minimum atomic E-state index is -4.32. The number of nitrogens with zero attached hydrogens (tertiary/aromatic N) is 1. The first-order chi connectivity index (χ1) is 35.5. The van der Waals surface area contributed by atoms with Gasteiger partial charge in [0.25, 0.3) is 0 Å². The van der Waals surface area contributed by atoms with Gasteiger partial charge in [-0.2, -0.15) is 0 Å². The van der Waals surface area contributed by atoms with Crippen LogP contribution in [0.3, 0.4) is 0 Å². The van der Waals surface area contributed by atoms with Crippen LogP contribution in [-0.4, -0.2) is 73.4 Å². The van der Waals surface area contributed by atoms with Gasteiger partial charge in [0.05, 0.1) is 39.9 Å². The molecule has 73 heavy (non-hydrogen) atoms. The Morgan fingerprint density at radius 1 is 0.466 bits per heavy atom. The Bertz CT molecular complexity index is 1280. The van der Waals surface area contributed by atoms with E-state index in [1.807, 2.05) is 21.1 Å². The summed E-state index contributed by atoms with van der Waals surface area (Å²) in [6.07, 6.45) is 72.2. The number of hydrogen-bond donors (Lipinski definition) is 3. The number of likely N-dealkylation sites (N-methyl/N-ethyl adjacent to an activating group) is 1. The Kier molecular flexibility index (Phi) is 54.5. The van der Waals surface area contributed by atoms with Crippen LogP contribution >= 0.6 is 7.82 Å². The van der Waals surface area contributed by atoms with E-state index in [-0.39, 0.29) is 19.1 Å². The summed E-state index contributed by atoms with van der Waals surface area (Å²) in [4.78, 5) is 23.4. The zero-order valence-corrected chi connectivity index (χ0v) is 50.3. The van der Waals surface area contributed by atoms with Crippen LogP contribution in [-0.2, 0) is 18.4 Å². The number of phosphoric acid groups is 1. The maximum atomic E-state index is 13.0. The monoisotopic (exact) mass is 1050 g/mol. The van der Waals surface area contributed by atoms with Gasteiger partial charge >= 0.3 is 7.82 Å². The quantitative estimate of drug-likeness (QED) is 0.0243. The Balaban J connectivity index is 4.01. The predicted molar refractivity (Wildman–Crippen MR) is 318 cm³/mol. The highest BCUT2D eigenvalue weighted by Crippen LogP contribution is 2.43. The van der Waals surface area contributed by atoms with Gasteiger partial charge in [-0.25, -0.2) is 4.57 Å². The highest BCUT2D eigenvalue weighted by molar-refractivity contribution is 7.47. The fourth-order valence-electron chi connectivity index (χ4n) is 9.65. The fraction of sp³-hybridized carbons (Fsp3) is 0.891. The highest BCUT2D eigenvalue weighted by Gasteiger charge is 2.28. The number of phosphoric ester groups is 1. The molecule has 0 fully saturated rings. The van der Waals surface area contributed by atoms with Gasteiger partial charge in [0.1, 0.15) is 13.2 Å². The minimum Gasteiger partial charge on any atom is -0.391 e. The van der Waals surface area contributed by atoms with E-state index in [1.165, 1.54) is 238 Å². The standard InChI is InChI=1S/C64H125N2O6P/c1-6-8-10-12-14-16-18-20-22-24-26-27-28-29-30-31-32-33-34-35-36-37-38-39-40-42-44-46-48-50-52-54-56-58-64(68)65-62(61-72-73(69,70)71-60-59-66(3,4)5)63(67)57-55-53-51-49-47-45-43-41-25-23-21-19-17-15-13-11-9-7-2/h18,20,24,26,28-29,62-63,67H,6-17,19,21-23,25,27,30-61H2,1-5H3,(H-,65,68,69,70)/p+1/b20-18-,26-24-,29-28-. The number of aliphatic hydroxyl groups excluding tert-OH is 1. The summed E-state index contributed by atoms with van der Waals surface area (Å²) in [5.74, 6) is -0.139. The number of hydrogen-bond acceptors (Lipinski definition) is 5. The first-order valence-corrected chi connectivity index (χ1v) is 33.3. The van der Waals surface area contributed by atoms with Crippen molar-refractivity contribution in [3.63, 3.8) is 0 Å². The van der Waals surface area contributed by atoms with Crippen molar-refractivity contribution in [1.82, 2.24) is 5.32 Å². The Labute approximate surface area is 455 Å². The van der Waals surface area contributed by atoms with Gasteiger partial charge in [0.2, 0.25) is 5.91 Å². The van der Waals surface area contributed by atoms with Crippen molar-refractivity contribution in [2.75, 3.05) is 40.9 Å². The molecule has 3 unspecified atom stereocenters. The van der Waals surface area contributed by atoms with Gasteiger partial charge in [-0.15, -0.1) is 0 Å². The third kappa shape index (κ3) is 58.2. The van der Waals surface area contributed by atoms with Crippen LogP contribution in [0, 0.1) is 0 Å². The number of allylic oxidation sites excluding steroid dienone is 6. The van der Waals surface area contributed by atoms with Crippen LogP contribution < -0.4 is 5.32 Å². The molecule has 0 saturated heterocycles. The van der Waals surface area contributed by atoms with Crippen molar-refractivity contribution in [2.24, 2.45) is 0 Å². The maximum Gasteiger partial charge on any atom is 0.472 e. The van der Waals surface area contributed by atoms with E-state index in [9.17, 15) is 19.4 Å². The summed E-state index contributed by atoms with van der Waals surface area (Å²) in [5.41, 5.74) is 0. The number of carbonyl (C=O) groups is 1. The van der Waals surface area contributed by atoms with Crippen LogP contribution in [0.2, 0.25) is 0 Å². The topological polar surface area (TPSA) is 105 Å². The second-order valence-corrected chi connectivity index (χ2v) is 24.6. The molecule has 0 bridgehead atoms. The molecule has 0 aliphatic rings. The molecule has 0 heterocycles. The van der Waals surface area contributed by atoms with Crippen molar-refractivity contribution in [3.8, 4) is 0 Å². The molecule has 0 aliphatic carbocycles. The van der Waals surface area contributed by atoms with E-state index >= 15 is 0 Å². The average molecular weight is 1050 g/mol. The molecule has 0 saturated carbocycles. The van der Waals surface area contributed by atoms with E-state index in [2.05, 4.69) is 55.6 Å². The lowest BCUT2D eigenvalue weighted by Gasteiger charge is -2.26. The zero-order chi connectivity index (χ0) is 53.5. The van der Waals surface area contributed by atoms with Gasteiger partial charge in [-0.3, -0.25) is 13.8 Å². The summed E-state index contributed by atoms with van der Waals surface area (Å²) >= 11 is 0. The Morgan fingerprint density at radius 3 is 1.14 bits per heavy atom. The first-order valence-electron chi connectivity index (χ1n) is 31.9. The molecule has 0 radical (unpaired) electrons. The second-order valence-electron chi connectivity index (χ2n) is 23.1. The largest absolute Gasteiger partial charge is 0.472 e. The highest BCUT2D eigenvalue weighted by atomic mass is 31.2. The number of rotatable bonds is 59. The number of aliphatic hydroxyl groups is 1. The van der Waals surface area contributed by atoms with E-state index in [4.69, 9.17) is 9.05 Å². The molecule has 0 spiro atoms. The molecular formula is C64H126N2O6P+. The molecule has 432 valence electrons. The van der Waals surface area contributed by atoms with Gasteiger partial charge in [-0.05, 0) is 51.4 Å². The van der Waals surface area contributed by atoms with Gasteiger partial charge in [0.15, 0.2) is 0 Å². The van der Waals surface area contributed by atoms with Crippen LogP contribution in [0.15, 0.2) is 36.5 Å². The van der Waals surface area contributed by atoms with Crippen molar-refractivity contribution >= 4 is 13.7 Å². The lowest BCUT2D eigenvalue weighted by Crippen LogP contribution is -2.46. The summed E-state index contributed by atoms with van der Waals surface area (Å²) < 4.78 is 23.8. The van der Waals surface area contributed by atoms with Crippen molar-refractivity contribution in [1.29, 1.82) is 0 Å². The SMILES string of the molecule is CCCCCCC/C=C\C/C=C\C/C=C\CCCCCCCCCCCCCCCCCCCCC(=O)NC(COP(=O)(O)OCC[N+](C)(C)C)C(O)CCCCCCCCCCCCCCCCCCCC. The summed E-state index contributed by atoms with van der Waals surface area (Å²) in [6, 6.07) is -0.760. The molecule has 9 heteroatoms. The average Bonchev–Trinajstić information content (AvgIpc) is 3.35. The van der Waals surface area contributed by atoms with Gasteiger partial charge in [0, 0.05) is 6.42 Å². The van der Waals surface area contributed by atoms with Crippen LogP contribution in [0.5, 0.6) is 0 Å². The molecule has 8 nitrogen and oxygen atoms in total. The zero-order valence-electron chi connectivity index (χ0n) is 49.4. The molecule has 0 aliphatic heterocycles. The third-order valence-electron chi connectivity index (χ3n) is 14.6. The van der Waals surface area contributed by atoms with Gasteiger partial charge < -0.3 is 19.8 Å². The van der Waals surface area contributed by atoms with Crippen molar-refractivity contribution < 1.29 is 32.9 Å². The Morgan fingerprint density at radius 2 is 0.781 bits per heavy atom. The molecule has 0 aromatic carbocycles. The maximum absolute atomic E-state index is 13.0. The van der Waals surface area contributed by atoms with Crippen molar-refractivity contribution in [2.45, 2.75) is 328 Å². The lowest BCUT2D eigenvalue weighted by atomic mass is 10.0. The van der Waals surface area contributed by atoms with E-state index in [0.29, 0.717) is 23.9 Å². The molecule has 0 aromatic heterocycles. The fourth-order valence-corrected chi connectivity index (χ4v) is 10.4. The predicted octanol–water partition coefficient (Wildman–Crippen LogP) is 19.7. The van der Waals surface area contributed by atoms with E-state index in [1.54, 1.807) is 0 Å². The van der Waals surface area contributed by atoms with Crippen molar-refractivity contribution in [3.05, 3.63) is 36.5 Å². The number of quaternary nitrogens is 1. The molecule has 3 N–H and O–H groups in total. The summed E-state index contributed by atoms with van der Waals surface area (Å²) in [5, 5.41) is 14.1. The molecular weight excluding hydrogens is 924 g/mol. The van der Waals surface area contributed by atoms with Crippen LogP contribution in [0.4, 0.5) is 0 Å². The molecule has 1 amide bonds. The first kappa shape index (κ1) is 71.7. The molecule has 3 atom stereocenters. The number of carbonyl (C=O) groups excluding carboxylic acids is 1. The van der Waals surface area contributed by atoms with E-state index < -0.39 is 20.0 Å². The summed E-state index contributed by atoms with van der Waals surface area (Å²) in [6.45, 7) is 4.92. The van der Waals surface area contributed by atoms with Crippen LogP contribution in [0.25, 0.3) is 0 Å². The number of unbranched alkanes of at least 4 members (excludes halogenated alkanes) is 40. The molecule has 0 rings (SSSR count). The van der Waals surface area contributed by atoms with E-state index in [0.717, 1.165) is 51.4 Å². The Hall–Kier alpha value is -1.28. The normalized spacial score (nSPS) is 14.0. The number of amides is 1. The second kappa shape index (κ2) is 55.5. The minimum absolute atomic E-state index is 0.0764. The smallest absolute Gasteiger partial charge is 0.391 e.